The highest BCUT2D eigenvalue weighted by atomic mass is 35.5. The molecule has 1 aliphatic heterocycles. The number of amides is 1. The fraction of sp³-hybridized carbons (Fsp3) is 0.350. The Balaban J connectivity index is 1.87. The minimum Gasteiger partial charge on any atom is -0.480 e. The summed E-state index contributed by atoms with van der Waals surface area (Å²) in [6.07, 6.45) is 3.67. The maximum Gasteiger partial charge on any atom is 0.320 e. The van der Waals surface area contributed by atoms with Crippen LogP contribution in [0.15, 0.2) is 48.8 Å². The van der Waals surface area contributed by atoms with E-state index in [1.54, 1.807) is 48.4 Å². The van der Waals surface area contributed by atoms with Crippen LogP contribution in [0.25, 0.3) is 0 Å². The van der Waals surface area contributed by atoms with Gasteiger partial charge in [-0.1, -0.05) is 29.8 Å². The lowest BCUT2D eigenvalue weighted by molar-refractivity contribution is -0.142. The molecular weight excluding hydrogens is 366 g/mol. The second-order valence-electron chi connectivity index (χ2n) is 6.92. The molecule has 1 amide bonds. The molecule has 1 fully saturated rings. The molecule has 7 heteroatoms. The quantitative estimate of drug-likeness (QED) is 0.853. The van der Waals surface area contributed by atoms with Crippen LogP contribution in [0.3, 0.4) is 0 Å². The number of aromatic nitrogens is 1. The third-order valence-corrected chi connectivity index (χ3v) is 5.34. The predicted molar refractivity (Wildman–Crippen MR) is 102 cm³/mol. The molecule has 3 rings (SSSR count). The molecule has 6 nitrogen and oxygen atoms in total. The zero-order valence-electron chi connectivity index (χ0n) is 15.2. The van der Waals surface area contributed by atoms with Gasteiger partial charge in [0.25, 0.3) is 0 Å². The van der Waals surface area contributed by atoms with Gasteiger partial charge in [-0.2, -0.15) is 0 Å². The van der Waals surface area contributed by atoms with Crippen LogP contribution in [-0.4, -0.2) is 51.9 Å². The van der Waals surface area contributed by atoms with Crippen molar-refractivity contribution < 1.29 is 14.7 Å². The topological polar surface area (TPSA) is 73.7 Å². The summed E-state index contributed by atoms with van der Waals surface area (Å²) in [5, 5.41) is 10.1. The molecule has 0 radical (unpaired) electrons. The number of rotatable bonds is 5. The Labute approximate surface area is 163 Å². The second kappa shape index (κ2) is 8.06. The van der Waals surface area contributed by atoms with Gasteiger partial charge >= 0.3 is 5.97 Å². The van der Waals surface area contributed by atoms with Crippen molar-refractivity contribution in [3.8, 4) is 0 Å². The number of pyridine rings is 1. The SMILES string of the molecule is CN(Cc1cccnc1)C(=O)[C@@H]1C[C@H](C(=O)O)N(C)[C@@H]1c1cccc(Cl)c1. The monoisotopic (exact) mass is 387 g/mol. The van der Waals surface area contributed by atoms with Crippen molar-refractivity contribution in [3.05, 3.63) is 64.9 Å². The Bertz CT molecular complexity index is 830. The number of nitrogens with zero attached hydrogens (tertiary/aromatic N) is 3. The molecule has 0 spiro atoms. The first kappa shape index (κ1) is 19.3. The average Bonchev–Trinajstić information content (AvgIpc) is 2.99. The number of aliphatic carboxylic acids is 1. The van der Waals surface area contributed by atoms with E-state index in [9.17, 15) is 14.7 Å². The molecule has 1 N–H and O–H groups in total. The number of benzene rings is 1. The number of hydrogen-bond donors (Lipinski definition) is 1. The third-order valence-electron chi connectivity index (χ3n) is 5.10. The summed E-state index contributed by atoms with van der Waals surface area (Å²) in [5.74, 6) is -1.47. The van der Waals surface area contributed by atoms with Gasteiger partial charge in [0, 0.05) is 37.1 Å². The summed E-state index contributed by atoms with van der Waals surface area (Å²) in [5.41, 5.74) is 1.77. The number of hydrogen-bond acceptors (Lipinski definition) is 4. The maximum absolute atomic E-state index is 13.2. The summed E-state index contributed by atoms with van der Waals surface area (Å²) >= 11 is 6.13. The largest absolute Gasteiger partial charge is 0.480 e. The molecule has 27 heavy (non-hydrogen) atoms. The lowest BCUT2D eigenvalue weighted by Gasteiger charge is -2.29. The van der Waals surface area contributed by atoms with Gasteiger partial charge in [0.2, 0.25) is 5.91 Å². The van der Waals surface area contributed by atoms with Gasteiger partial charge in [0.1, 0.15) is 6.04 Å². The Hall–Kier alpha value is -2.44. The molecule has 1 aromatic carbocycles. The highest BCUT2D eigenvalue weighted by Gasteiger charge is 2.47. The van der Waals surface area contributed by atoms with E-state index in [0.717, 1.165) is 11.1 Å². The molecule has 2 aromatic rings. The maximum atomic E-state index is 13.2. The lowest BCUT2D eigenvalue weighted by atomic mass is 9.91. The lowest BCUT2D eigenvalue weighted by Crippen LogP contribution is -2.36. The smallest absolute Gasteiger partial charge is 0.320 e. The summed E-state index contributed by atoms with van der Waals surface area (Å²) in [6, 6.07) is 9.95. The highest BCUT2D eigenvalue weighted by Crippen LogP contribution is 2.41. The zero-order chi connectivity index (χ0) is 19.6. The van der Waals surface area contributed by atoms with Crippen LogP contribution in [0.5, 0.6) is 0 Å². The average molecular weight is 388 g/mol. The van der Waals surface area contributed by atoms with Gasteiger partial charge in [0.15, 0.2) is 0 Å². The molecule has 142 valence electrons. The first-order valence-corrected chi connectivity index (χ1v) is 9.10. The second-order valence-corrected chi connectivity index (χ2v) is 7.35. The standard InChI is InChI=1S/C20H22ClN3O3/c1-23(12-13-5-4-8-22-11-13)19(25)16-10-17(20(26)27)24(2)18(16)14-6-3-7-15(21)9-14/h3-9,11,16-18H,10,12H2,1-2H3,(H,26,27)/t16-,17-,18-/m1/s1. The molecular formula is C20H22ClN3O3. The van der Waals surface area contributed by atoms with Crippen molar-refractivity contribution in [1.29, 1.82) is 0 Å². The molecule has 0 saturated carbocycles. The molecule has 3 atom stereocenters. The Morgan fingerprint density at radius 2 is 2.11 bits per heavy atom. The minimum absolute atomic E-state index is 0.0839. The van der Waals surface area contributed by atoms with E-state index in [-0.39, 0.29) is 18.4 Å². The van der Waals surface area contributed by atoms with Crippen molar-refractivity contribution in [3.63, 3.8) is 0 Å². The molecule has 0 unspecified atom stereocenters. The fourth-order valence-corrected chi connectivity index (χ4v) is 4.01. The summed E-state index contributed by atoms with van der Waals surface area (Å²) in [7, 11) is 3.48. The van der Waals surface area contributed by atoms with E-state index in [0.29, 0.717) is 11.6 Å². The molecule has 2 heterocycles. The van der Waals surface area contributed by atoms with E-state index < -0.39 is 17.9 Å². The predicted octanol–water partition coefficient (Wildman–Crippen LogP) is 2.84. The molecule has 0 bridgehead atoms. The number of carboxylic acid groups (broad SMARTS) is 1. The number of carboxylic acids is 1. The van der Waals surface area contributed by atoms with Crippen LogP contribution in [0, 0.1) is 5.92 Å². The van der Waals surface area contributed by atoms with Gasteiger partial charge in [-0.3, -0.25) is 19.5 Å². The first-order valence-electron chi connectivity index (χ1n) is 8.72. The van der Waals surface area contributed by atoms with E-state index in [4.69, 9.17) is 11.6 Å². The number of carbonyl (C=O) groups is 2. The summed E-state index contributed by atoms with van der Waals surface area (Å²) in [4.78, 5) is 32.3. The van der Waals surface area contributed by atoms with Gasteiger partial charge in [-0.05, 0) is 42.8 Å². The highest BCUT2D eigenvalue weighted by molar-refractivity contribution is 6.30. The normalized spacial score (nSPS) is 22.6. The summed E-state index contributed by atoms with van der Waals surface area (Å²) < 4.78 is 0. The third kappa shape index (κ3) is 4.12. The molecule has 1 aliphatic rings. The molecule has 0 aliphatic carbocycles. The van der Waals surface area contributed by atoms with Crippen molar-refractivity contribution >= 4 is 23.5 Å². The van der Waals surface area contributed by atoms with E-state index in [1.807, 2.05) is 24.3 Å². The van der Waals surface area contributed by atoms with E-state index in [1.165, 1.54) is 0 Å². The van der Waals surface area contributed by atoms with Crippen LogP contribution in [0.4, 0.5) is 0 Å². The van der Waals surface area contributed by atoms with E-state index >= 15 is 0 Å². The number of likely N-dealkylation sites (tertiary alicyclic amines) is 1. The van der Waals surface area contributed by atoms with Gasteiger partial charge in [0.05, 0.1) is 5.92 Å². The minimum atomic E-state index is -0.922. The van der Waals surface area contributed by atoms with Crippen LogP contribution in [0.2, 0.25) is 5.02 Å². The summed E-state index contributed by atoms with van der Waals surface area (Å²) in [6.45, 7) is 0.424. The van der Waals surface area contributed by atoms with Crippen LogP contribution in [-0.2, 0) is 16.1 Å². The molecule has 1 aromatic heterocycles. The Kier molecular flexibility index (Phi) is 5.77. The zero-order valence-corrected chi connectivity index (χ0v) is 16.0. The van der Waals surface area contributed by atoms with Crippen LogP contribution < -0.4 is 0 Å². The number of likely N-dealkylation sites (N-methyl/N-ethyl adjacent to an activating group) is 1. The van der Waals surface area contributed by atoms with Crippen LogP contribution >= 0.6 is 11.6 Å². The number of carbonyl (C=O) groups excluding carboxylic acids is 1. The van der Waals surface area contributed by atoms with Crippen molar-refractivity contribution in [2.24, 2.45) is 5.92 Å². The van der Waals surface area contributed by atoms with Crippen molar-refractivity contribution in [2.75, 3.05) is 14.1 Å². The molecule has 1 saturated heterocycles. The van der Waals surface area contributed by atoms with Crippen molar-refractivity contribution in [1.82, 2.24) is 14.8 Å². The number of halogens is 1. The van der Waals surface area contributed by atoms with Crippen molar-refractivity contribution in [2.45, 2.75) is 25.0 Å². The Morgan fingerprint density at radius 3 is 2.74 bits per heavy atom. The first-order chi connectivity index (χ1) is 12.9. The van der Waals surface area contributed by atoms with Gasteiger partial charge in [-0.15, -0.1) is 0 Å². The fourth-order valence-electron chi connectivity index (χ4n) is 3.81. The van der Waals surface area contributed by atoms with Crippen LogP contribution in [0.1, 0.15) is 23.6 Å². The van der Waals surface area contributed by atoms with Gasteiger partial charge in [-0.25, -0.2) is 0 Å². The Morgan fingerprint density at radius 1 is 1.33 bits per heavy atom. The van der Waals surface area contributed by atoms with E-state index in [2.05, 4.69) is 4.98 Å². The van der Waals surface area contributed by atoms with Gasteiger partial charge < -0.3 is 10.0 Å².